The highest BCUT2D eigenvalue weighted by atomic mass is 15.1. The summed E-state index contributed by atoms with van der Waals surface area (Å²) in [6.07, 6.45) is 0. The maximum atomic E-state index is 2.43. The van der Waals surface area contributed by atoms with Gasteiger partial charge in [0.2, 0.25) is 0 Å². The molecule has 0 aliphatic rings. The second kappa shape index (κ2) is 16.8. The van der Waals surface area contributed by atoms with Gasteiger partial charge < -0.3 is 9.47 Å². The molecule has 2 heteroatoms. The molecule has 310 valence electrons. The predicted octanol–water partition coefficient (Wildman–Crippen LogP) is 17.7. The van der Waals surface area contributed by atoms with Gasteiger partial charge in [-0.3, -0.25) is 0 Å². The zero-order valence-electron chi connectivity index (χ0n) is 36.3. The minimum absolute atomic E-state index is 1.07. The van der Waals surface area contributed by atoms with E-state index >= 15 is 0 Å². The zero-order chi connectivity index (χ0) is 43.8. The Kier molecular flexibility index (Phi) is 9.89. The minimum Gasteiger partial charge on any atom is -0.310 e. The Labute approximate surface area is 385 Å². The molecule has 66 heavy (non-hydrogen) atoms. The second-order valence-electron chi connectivity index (χ2n) is 16.9. The summed E-state index contributed by atoms with van der Waals surface area (Å²) in [6.45, 7) is 0. The van der Waals surface area contributed by atoms with Crippen LogP contribution in [0.3, 0.4) is 0 Å². The predicted molar refractivity (Wildman–Crippen MR) is 280 cm³/mol. The van der Waals surface area contributed by atoms with Crippen LogP contribution >= 0.6 is 0 Å². The molecule has 11 aromatic carbocycles. The number of anilines is 3. The number of rotatable bonds is 9. The normalized spacial score (nSPS) is 11.3. The number of aromatic nitrogens is 1. The van der Waals surface area contributed by atoms with Gasteiger partial charge in [0.15, 0.2) is 0 Å². The summed E-state index contributed by atoms with van der Waals surface area (Å²) in [4.78, 5) is 2.41. The SMILES string of the molecule is c1ccc(-c2cccc(N(c3cccc(-c4ccc(-c5cccc6ccccc56)cc4)c3)c3ccc(-c4ccccc4-n4c5ccccc5c5ccccc54)c(-c4ccccc4)c3)c2)cc1. The van der Waals surface area contributed by atoms with Crippen molar-refractivity contribution >= 4 is 49.6 Å². The zero-order valence-corrected chi connectivity index (χ0v) is 36.3. The lowest BCUT2D eigenvalue weighted by molar-refractivity contribution is 1.18. The van der Waals surface area contributed by atoms with Crippen LogP contribution in [0.2, 0.25) is 0 Å². The summed E-state index contributed by atoms with van der Waals surface area (Å²) < 4.78 is 2.43. The quantitative estimate of drug-likeness (QED) is 0.141. The molecule has 0 bridgehead atoms. The molecule has 0 unspecified atom stereocenters. The fourth-order valence-electron chi connectivity index (χ4n) is 9.89. The highest BCUT2D eigenvalue weighted by Gasteiger charge is 2.21. The highest BCUT2D eigenvalue weighted by Crippen LogP contribution is 2.45. The smallest absolute Gasteiger partial charge is 0.0541 e. The first-order valence-electron chi connectivity index (χ1n) is 22.7. The van der Waals surface area contributed by atoms with Crippen molar-refractivity contribution in [1.82, 2.24) is 4.57 Å². The fraction of sp³-hybridized carbons (Fsp3) is 0. The lowest BCUT2D eigenvalue weighted by Gasteiger charge is -2.28. The van der Waals surface area contributed by atoms with Crippen molar-refractivity contribution in [2.75, 3.05) is 4.90 Å². The number of nitrogens with zero attached hydrogens (tertiary/aromatic N) is 2. The topological polar surface area (TPSA) is 8.17 Å². The maximum absolute atomic E-state index is 2.43. The number of hydrogen-bond donors (Lipinski definition) is 0. The Bertz CT molecular complexity index is 3640. The van der Waals surface area contributed by atoms with Crippen molar-refractivity contribution < 1.29 is 0 Å². The highest BCUT2D eigenvalue weighted by molar-refractivity contribution is 6.10. The van der Waals surface area contributed by atoms with Crippen molar-refractivity contribution in [3.05, 3.63) is 267 Å². The molecular formula is C64H44N2. The van der Waals surface area contributed by atoms with Gasteiger partial charge in [0, 0.05) is 33.4 Å². The molecule has 2 nitrogen and oxygen atoms in total. The summed E-state index contributed by atoms with van der Waals surface area (Å²) in [6, 6.07) is 97.0. The van der Waals surface area contributed by atoms with E-state index in [9.17, 15) is 0 Å². The van der Waals surface area contributed by atoms with Gasteiger partial charge in [-0.25, -0.2) is 0 Å². The largest absolute Gasteiger partial charge is 0.310 e. The van der Waals surface area contributed by atoms with Crippen LogP contribution in [0.1, 0.15) is 0 Å². The Balaban J connectivity index is 1.02. The van der Waals surface area contributed by atoms with E-state index in [4.69, 9.17) is 0 Å². The Morgan fingerprint density at radius 1 is 0.242 bits per heavy atom. The van der Waals surface area contributed by atoms with E-state index < -0.39 is 0 Å². The molecule has 0 aliphatic heterocycles. The van der Waals surface area contributed by atoms with E-state index in [2.05, 4.69) is 276 Å². The summed E-state index contributed by atoms with van der Waals surface area (Å²) in [7, 11) is 0. The molecule has 0 aliphatic carbocycles. The third kappa shape index (κ3) is 7.02. The van der Waals surface area contributed by atoms with Gasteiger partial charge in [0.25, 0.3) is 0 Å². The molecule has 0 saturated carbocycles. The first-order chi connectivity index (χ1) is 32.7. The molecule has 12 aromatic rings. The van der Waals surface area contributed by atoms with Gasteiger partial charge in [0.05, 0.1) is 16.7 Å². The van der Waals surface area contributed by atoms with E-state index in [-0.39, 0.29) is 0 Å². The van der Waals surface area contributed by atoms with Crippen LogP contribution in [-0.4, -0.2) is 4.57 Å². The molecule has 0 atom stereocenters. The Hall–Kier alpha value is -8.72. The third-order valence-electron chi connectivity index (χ3n) is 13.0. The van der Waals surface area contributed by atoms with Crippen LogP contribution in [0, 0.1) is 0 Å². The molecule has 0 fully saturated rings. The summed E-state index contributed by atoms with van der Waals surface area (Å²) in [5, 5.41) is 5.01. The summed E-state index contributed by atoms with van der Waals surface area (Å²) >= 11 is 0. The lowest BCUT2D eigenvalue weighted by atomic mass is 9.92. The maximum Gasteiger partial charge on any atom is 0.0541 e. The molecule has 1 aromatic heterocycles. The molecular weight excluding hydrogens is 797 g/mol. The number of benzene rings is 11. The van der Waals surface area contributed by atoms with Crippen LogP contribution in [-0.2, 0) is 0 Å². The first kappa shape index (κ1) is 38.9. The number of para-hydroxylation sites is 3. The van der Waals surface area contributed by atoms with Gasteiger partial charge in [-0.1, -0.05) is 212 Å². The van der Waals surface area contributed by atoms with Crippen LogP contribution < -0.4 is 4.90 Å². The van der Waals surface area contributed by atoms with E-state index in [1.165, 1.54) is 71.5 Å². The molecule has 1 heterocycles. The lowest BCUT2D eigenvalue weighted by Crippen LogP contribution is -2.10. The van der Waals surface area contributed by atoms with Gasteiger partial charge in [0.1, 0.15) is 0 Å². The van der Waals surface area contributed by atoms with Gasteiger partial charge in [-0.2, -0.15) is 0 Å². The van der Waals surface area contributed by atoms with Crippen LogP contribution in [0.4, 0.5) is 17.1 Å². The Morgan fingerprint density at radius 2 is 0.697 bits per heavy atom. The number of hydrogen-bond acceptors (Lipinski definition) is 1. The minimum atomic E-state index is 1.07. The molecule has 12 rings (SSSR count). The molecule has 0 radical (unpaired) electrons. The average molecular weight is 841 g/mol. The standard InChI is InChI=1S/C64H44N2/c1-3-18-45(19-4-1)50-24-15-26-52(42-50)65(53-27-16-25-51(43-53)46-36-38-49(39-37-46)56-32-17-23-47-22-7-8-28-55(47)56)54-40-41-57(61(44-54)48-20-5-2-6-21-48)58-29-9-12-33-62(58)66-63-34-13-10-30-59(63)60-31-11-14-35-64(60)66/h1-44H. The molecule has 0 saturated heterocycles. The van der Waals surface area contributed by atoms with Crippen molar-refractivity contribution in [3.8, 4) is 61.3 Å². The monoisotopic (exact) mass is 840 g/mol. The summed E-state index contributed by atoms with van der Waals surface area (Å²) in [5.74, 6) is 0. The first-order valence-corrected chi connectivity index (χ1v) is 22.7. The molecule has 0 N–H and O–H groups in total. The van der Waals surface area contributed by atoms with E-state index in [1.807, 2.05) is 0 Å². The van der Waals surface area contributed by atoms with Crippen molar-refractivity contribution in [2.24, 2.45) is 0 Å². The van der Waals surface area contributed by atoms with Crippen LogP contribution in [0.5, 0.6) is 0 Å². The second-order valence-corrected chi connectivity index (χ2v) is 16.9. The van der Waals surface area contributed by atoms with Gasteiger partial charge in [-0.15, -0.1) is 0 Å². The van der Waals surface area contributed by atoms with Crippen molar-refractivity contribution in [2.45, 2.75) is 0 Å². The fourth-order valence-corrected chi connectivity index (χ4v) is 9.89. The van der Waals surface area contributed by atoms with Crippen molar-refractivity contribution in [1.29, 1.82) is 0 Å². The van der Waals surface area contributed by atoms with Crippen LogP contribution in [0.25, 0.3) is 93.9 Å². The third-order valence-corrected chi connectivity index (χ3v) is 13.0. The molecule has 0 spiro atoms. The van der Waals surface area contributed by atoms with E-state index in [0.29, 0.717) is 0 Å². The van der Waals surface area contributed by atoms with Gasteiger partial charge >= 0.3 is 0 Å². The summed E-state index contributed by atoms with van der Waals surface area (Å²) in [5.41, 5.74) is 18.5. The van der Waals surface area contributed by atoms with Crippen LogP contribution in [0.15, 0.2) is 267 Å². The number of fused-ring (bicyclic) bond motifs is 4. The van der Waals surface area contributed by atoms with E-state index in [1.54, 1.807) is 0 Å². The van der Waals surface area contributed by atoms with Gasteiger partial charge in [-0.05, 0) is 115 Å². The Morgan fingerprint density at radius 3 is 1.38 bits per heavy atom. The average Bonchev–Trinajstić information content (AvgIpc) is 3.73. The van der Waals surface area contributed by atoms with E-state index in [0.717, 1.165) is 39.4 Å². The molecule has 0 amide bonds. The van der Waals surface area contributed by atoms with Crippen molar-refractivity contribution in [3.63, 3.8) is 0 Å².